The first-order valence-electron chi connectivity index (χ1n) is 16.2. The third-order valence-corrected chi connectivity index (χ3v) is 7.90. The lowest BCUT2D eigenvalue weighted by Crippen LogP contribution is -2.30. The molecule has 5 heterocycles. The number of nitrogens with zero attached hydrogens (tertiary/aromatic N) is 5. The van der Waals surface area contributed by atoms with Crippen molar-refractivity contribution >= 4 is 20.2 Å². The number of hydrogen-bond acceptors (Lipinski definition) is 9. The molecule has 1 aromatic carbocycles. The summed E-state index contributed by atoms with van der Waals surface area (Å²) < 4.78 is 0. The van der Waals surface area contributed by atoms with Gasteiger partial charge in [-0.1, -0.05) is 19.6 Å². The van der Waals surface area contributed by atoms with Crippen LogP contribution in [0, 0.1) is 13.8 Å². The number of carbonyl (C=O) groups is 2. The third kappa shape index (κ3) is 11.2. The SMILES string of the molecule is C.Cc1ccnc(-c2cc(CCCCN)ccn2)c1.Cc1ccnc(-c2cc(CCCCN3C(=O)c4ccccc4C3=O)ccn2)c1.NN.[B]. The Morgan fingerprint density at radius 3 is 1.40 bits per heavy atom. The molecule has 3 radical (unpaired) electrons. The van der Waals surface area contributed by atoms with Crippen molar-refractivity contribution in [1.82, 2.24) is 24.8 Å². The zero-order valence-electron chi connectivity index (χ0n) is 28.3. The van der Waals surface area contributed by atoms with Gasteiger partial charge in [-0.25, -0.2) is 0 Å². The molecule has 10 nitrogen and oxygen atoms in total. The van der Waals surface area contributed by atoms with Crippen LogP contribution in [0.5, 0.6) is 0 Å². The van der Waals surface area contributed by atoms with Crippen molar-refractivity contribution in [3.63, 3.8) is 0 Å². The van der Waals surface area contributed by atoms with Crippen molar-refractivity contribution < 1.29 is 9.59 Å². The minimum Gasteiger partial charge on any atom is -0.330 e. The van der Waals surface area contributed by atoms with Gasteiger partial charge in [0.1, 0.15) is 0 Å². The quantitative estimate of drug-likeness (QED) is 0.0511. The summed E-state index contributed by atoms with van der Waals surface area (Å²) in [5.74, 6) is 7.63. The monoisotopic (exact) mass is 671 g/mol. The van der Waals surface area contributed by atoms with Crippen LogP contribution in [0.25, 0.3) is 22.8 Å². The molecular weight excluding hydrogens is 623 g/mol. The molecule has 1 aliphatic rings. The number of aromatic nitrogens is 4. The first-order valence-corrected chi connectivity index (χ1v) is 16.2. The lowest BCUT2D eigenvalue weighted by Gasteiger charge is -2.13. The molecular formula is C39H48BN8O2. The maximum atomic E-state index is 12.4. The maximum Gasteiger partial charge on any atom is 0.261 e. The Bertz CT molecular complexity index is 1780. The van der Waals surface area contributed by atoms with Crippen LogP contribution in [0.2, 0.25) is 0 Å². The molecule has 50 heavy (non-hydrogen) atoms. The number of fused-ring (bicyclic) bond motifs is 1. The van der Waals surface area contributed by atoms with Crippen LogP contribution in [-0.4, -0.2) is 58.2 Å². The zero-order valence-corrected chi connectivity index (χ0v) is 28.3. The van der Waals surface area contributed by atoms with E-state index in [4.69, 9.17) is 5.73 Å². The number of carbonyl (C=O) groups excluding carboxylic acids is 2. The second-order valence-electron chi connectivity index (χ2n) is 11.5. The average Bonchev–Trinajstić information content (AvgIpc) is 3.36. The highest BCUT2D eigenvalue weighted by Gasteiger charge is 2.34. The van der Waals surface area contributed by atoms with Crippen LogP contribution in [0.15, 0.2) is 97.6 Å². The van der Waals surface area contributed by atoms with Gasteiger partial charge in [0.05, 0.1) is 33.9 Å². The maximum absolute atomic E-state index is 12.4. The topological polar surface area (TPSA) is 167 Å². The van der Waals surface area contributed by atoms with Crippen molar-refractivity contribution in [2.24, 2.45) is 17.4 Å². The number of imide groups is 1. The van der Waals surface area contributed by atoms with Gasteiger partial charge in [-0.15, -0.1) is 0 Å². The van der Waals surface area contributed by atoms with E-state index in [2.05, 4.69) is 62.8 Å². The van der Waals surface area contributed by atoms with Crippen molar-refractivity contribution in [2.45, 2.75) is 59.8 Å². The fraction of sp³-hybridized carbons (Fsp3) is 0.282. The summed E-state index contributed by atoms with van der Waals surface area (Å²) >= 11 is 0. The van der Waals surface area contributed by atoms with E-state index >= 15 is 0 Å². The Hall–Kier alpha value is -5.10. The van der Waals surface area contributed by atoms with Gasteiger partial charge < -0.3 is 5.73 Å². The number of hydrogen-bond donors (Lipinski definition) is 3. The molecule has 0 bridgehead atoms. The van der Waals surface area contributed by atoms with Crippen molar-refractivity contribution in [2.75, 3.05) is 13.1 Å². The van der Waals surface area contributed by atoms with Gasteiger partial charge >= 0.3 is 0 Å². The molecule has 0 saturated heterocycles. The van der Waals surface area contributed by atoms with Gasteiger partial charge in [0.25, 0.3) is 11.8 Å². The van der Waals surface area contributed by atoms with E-state index in [1.165, 1.54) is 21.6 Å². The molecule has 0 spiro atoms. The molecule has 4 aromatic heterocycles. The van der Waals surface area contributed by atoms with Crippen LogP contribution in [0.4, 0.5) is 0 Å². The molecule has 0 unspecified atom stereocenters. The predicted octanol–water partition coefficient (Wildman–Crippen LogP) is 5.88. The van der Waals surface area contributed by atoms with Crippen molar-refractivity contribution in [3.05, 3.63) is 131 Å². The summed E-state index contributed by atoms with van der Waals surface area (Å²) in [5.41, 5.74) is 15.0. The number of rotatable bonds is 11. The van der Waals surface area contributed by atoms with Crippen molar-refractivity contribution in [3.8, 4) is 22.8 Å². The van der Waals surface area contributed by atoms with Gasteiger partial charge in [-0.2, -0.15) is 0 Å². The summed E-state index contributed by atoms with van der Waals surface area (Å²) in [4.78, 5) is 43.7. The lowest BCUT2D eigenvalue weighted by atomic mass is 10.1. The van der Waals surface area contributed by atoms with E-state index in [0.29, 0.717) is 17.7 Å². The number of aryl methyl sites for hydroxylation is 4. The van der Waals surface area contributed by atoms with Gasteiger partial charge in [0, 0.05) is 39.7 Å². The Kier molecular flexibility index (Phi) is 17.3. The van der Waals surface area contributed by atoms with Crippen molar-refractivity contribution in [1.29, 1.82) is 0 Å². The Balaban J connectivity index is 0.000000344. The Morgan fingerprint density at radius 1 is 0.580 bits per heavy atom. The molecule has 259 valence electrons. The predicted molar refractivity (Wildman–Crippen MR) is 202 cm³/mol. The first-order chi connectivity index (χ1) is 23.4. The van der Waals surface area contributed by atoms with E-state index in [-0.39, 0.29) is 27.7 Å². The van der Waals surface area contributed by atoms with Crippen LogP contribution in [0.1, 0.15) is 76.1 Å². The summed E-state index contributed by atoms with van der Waals surface area (Å²) in [7, 11) is 0. The van der Waals surface area contributed by atoms with Crippen LogP contribution < -0.4 is 17.4 Å². The highest BCUT2D eigenvalue weighted by molar-refractivity contribution is 6.21. The number of hydrazine groups is 1. The number of nitrogens with two attached hydrogens (primary N) is 3. The molecule has 2 amide bonds. The average molecular weight is 672 g/mol. The van der Waals surface area contributed by atoms with Crippen LogP contribution >= 0.6 is 0 Å². The zero-order chi connectivity index (χ0) is 34.3. The standard InChI is InChI=1S/C23H21N3O2.C15H19N3.CH4.B.H4N2/c1-16-9-11-24-20(14-16)21-15-17(10-12-25-21)6-4-5-13-26-22(27)18-7-2-3-8-19(18)23(26)28;1-12-5-8-17-14(10-12)15-11-13(6-9-18-15)4-2-3-7-16;;;1-2/h2-3,7-12,14-15H,4-6,13H2,1H3;5-6,8-11H,2-4,7,16H2,1H3;1H4;;1-2H2. The third-order valence-electron chi connectivity index (χ3n) is 7.90. The molecule has 0 atom stereocenters. The molecule has 0 saturated carbocycles. The lowest BCUT2D eigenvalue weighted by molar-refractivity contribution is 0.0651. The summed E-state index contributed by atoms with van der Waals surface area (Å²) in [6.07, 6.45) is 13.1. The molecule has 0 aliphatic carbocycles. The molecule has 0 fully saturated rings. The summed E-state index contributed by atoms with van der Waals surface area (Å²) in [6, 6.07) is 23.3. The van der Waals surface area contributed by atoms with Gasteiger partial charge in [0.15, 0.2) is 0 Å². The van der Waals surface area contributed by atoms with E-state index in [0.717, 1.165) is 73.4 Å². The minimum atomic E-state index is -0.183. The van der Waals surface area contributed by atoms with E-state index in [1.54, 1.807) is 36.7 Å². The molecule has 6 N–H and O–H groups in total. The molecule has 6 rings (SSSR count). The molecule has 5 aromatic rings. The summed E-state index contributed by atoms with van der Waals surface area (Å²) in [5, 5.41) is 0. The molecule has 11 heteroatoms. The number of amides is 2. The van der Waals surface area contributed by atoms with Gasteiger partial charge in [-0.3, -0.25) is 46.1 Å². The van der Waals surface area contributed by atoms with Crippen LogP contribution in [0.3, 0.4) is 0 Å². The van der Waals surface area contributed by atoms with Gasteiger partial charge in [0.2, 0.25) is 0 Å². The highest BCUT2D eigenvalue weighted by atomic mass is 16.2. The Morgan fingerprint density at radius 2 is 0.980 bits per heavy atom. The van der Waals surface area contributed by atoms with E-state index in [9.17, 15) is 9.59 Å². The minimum absolute atomic E-state index is 0. The van der Waals surface area contributed by atoms with Gasteiger partial charge in [-0.05, 0) is 142 Å². The number of benzene rings is 1. The highest BCUT2D eigenvalue weighted by Crippen LogP contribution is 2.23. The Labute approximate surface area is 298 Å². The second kappa shape index (κ2) is 21.1. The van der Waals surface area contributed by atoms with E-state index in [1.807, 2.05) is 43.6 Å². The normalized spacial score (nSPS) is 11.3. The fourth-order valence-corrected chi connectivity index (χ4v) is 5.41. The molecule has 1 aliphatic heterocycles. The first kappa shape index (κ1) is 41.1. The second-order valence-corrected chi connectivity index (χ2v) is 11.5. The fourth-order valence-electron chi connectivity index (χ4n) is 5.41. The van der Waals surface area contributed by atoms with Crippen LogP contribution in [-0.2, 0) is 12.8 Å². The number of unbranched alkanes of at least 4 members (excludes halogenated alkanes) is 2. The summed E-state index contributed by atoms with van der Waals surface area (Å²) in [6.45, 7) is 5.31. The smallest absolute Gasteiger partial charge is 0.261 e. The largest absolute Gasteiger partial charge is 0.330 e. The van der Waals surface area contributed by atoms with E-state index < -0.39 is 0 Å². The number of pyridine rings is 4.